The molecule has 17 heavy (non-hydrogen) atoms. The third-order valence-electron chi connectivity index (χ3n) is 1.69. The van der Waals surface area contributed by atoms with Crippen molar-refractivity contribution in [3.8, 4) is 0 Å². The predicted octanol–water partition coefficient (Wildman–Crippen LogP) is 0.579. The van der Waals surface area contributed by atoms with Gasteiger partial charge >= 0.3 is 12.1 Å². The number of nitrogens with one attached hydrogen (secondary N) is 1. The molecule has 0 bridgehead atoms. The largest absolute Gasteiger partial charge is 0.465 e. The van der Waals surface area contributed by atoms with Crippen LogP contribution in [0, 0.1) is 0 Å². The molecule has 0 aliphatic rings. The van der Waals surface area contributed by atoms with Gasteiger partial charge in [-0.25, -0.2) is 22.7 Å². The van der Waals surface area contributed by atoms with Crippen LogP contribution in [0.15, 0.2) is 16.3 Å². The van der Waals surface area contributed by atoms with Gasteiger partial charge in [-0.3, -0.25) is 0 Å². The van der Waals surface area contributed by atoms with Gasteiger partial charge in [-0.05, 0) is 11.4 Å². The molecule has 1 rings (SSSR count). The number of carbonyl (C=O) groups is 2. The van der Waals surface area contributed by atoms with Crippen LogP contribution in [0.1, 0.15) is 9.67 Å². The number of methoxy groups -OCH3 is 2. The van der Waals surface area contributed by atoms with E-state index in [1.807, 2.05) is 0 Å². The van der Waals surface area contributed by atoms with Crippen molar-refractivity contribution in [2.45, 2.75) is 4.90 Å². The number of thiophene rings is 1. The molecule has 0 saturated heterocycles. The topological polar surface area (TPSA) is 98.8 Å². The van der Waals surface area contributed by atoms with Gasteiger partial charge in [0.25, 0.3) is 10.0 Å². The van der Waals surface area contributed by atoms with Crippen LogP contribution < -0.4 is 4.72 Å². The zero-order valence-corrected chi connectivity index (χ0v) is 10.6. The minimum atomic E-state index is -4.13. The van der Waals surface area contributed by atoms with Gasteiger partial charge in [-0.2, -0.15) is 0 Å². The number of carbonyl (C=O) groups excluding carboxylic acids is 2. The summed E-state index contributed by atoms with van der Waals surface area (Å²) >= 11 is 0.898. The Balaban J connectivity index is 3.12. The highest BCUT2D eigenvalue weighted by molar-refractivity contribution is 7.90. The van der Waals surface area contributed by atoms with Gasteiger partial charge in [0, 0.05) is 0 Å². The lowest BCUT2D eigenvalue weighted by molar-refractivity contribution is 0.0602. The number of ether oxygens (including phenoxy) is 2. The monoisotopic (exact) mass is 279 g/mol. The first-order valence-electron chi connectivity index (χ1n) is 4.19. The molecular weight excluding hydrogens is 270 g/mol. The summed E-state index contributed by atoms with van der Waals surface area (Å²) in [4.78, 5) is 21.7. The predicted molar refractivity (Wildman–Crippen MR) is 58.4 cm³/mol. The SMILES string of the molecule is COC(=O)NS(=O)(=O)c1ccsc1C(=O)OC. The maximum absolute atomic E-state index is 11.7. The van der Waals surface area contributed by atoms with Crippen LogP contribution in [0.5, 0.6) is 0 Å². The highest BCUT2D eigenvalue weighted by atomic mass is 32.2. The summed E-state index contributed by atoms with van der Waals surface area (Å²) in [5.41, 5.74) is 0. The molecule has 0 aliphatic carbocycles. The van der Waals surface area contributed by atoms with Crippen LogP contribution in [-0.4, -0.2) is 34.7 Å². The summed E-state index contributed by atoms with van der Waals surface area (Å²) in [5.74, 6) is -0.787. The van der Waals surface area contributed by atoms with Gasteiger partial charge in [0.1, 0.15) is 9.77 Å². The minimum Gasteiger partial charge on any atom is -0.465 e. The second kappa shape index (κ2) is 5.15. The fourth-order valence-electron chi connectivity index (χ4n) is 0.957. The maximum atomic E-state index is 11.7. The van der Waals surface area contributed by atoms with Gasteiger partial charge in [0.15, 0.2) is 0 Å². The van der Waals surface area contributed by atoms with E-state index in [1.165, 1.54) is 11.4 Å². The van der Waals surface area contributed by atoms with Crippen LogP contribution in [0.25, 0.3) is 0 Å². The molecule has 0 spiro atoms. The van der Waals surface area contributed by atoms with E-state index in [-0.39, 0.29) is 9.77 Å². The molecule has 1 heterocycles. The molecule has 0 atom stereocenters. The summed E-state index contributed by atoms with van der Waals surface area (Å²) in [6.07, 6.45) is -1.13. The summed E-state index contributed by atoms with van der Waals surface area (Å²) < 4.78 is 33.6. The molecule has 0 aliphatic heterocycles. The summed E-state index contributed by atoms with van der Waals surface area (Å²) in [7, 11) is -1.97. The third-order valence-corrected chi connectivity index (χ3v) is 4.07. The zero-order chi connectivity index (χ0) is 13.1. The molecule has 1 aromatic rings. The molecule has 1 aromatic heterocycles. The van der Waals surface area contributed by atoms with Gasteiger partial charge < -0.3 is 9.47 Å². The number of rotatable bonds is 3. The van der Waals surface area contributed by atoms with Crippen molar-refractivity contribution in [1.82, 2.24) is 4.72 Å². The first-order valence-corrected chi connectivity index (χ1v) is 6.55. The standard InChI is InChI=1S/C8H9NO6S2/c1-14-7(10)6-5(3-4-16-6)17(12,13)9-8(11)15-2/h3-4H,1-2H3,(H,9,11). The molecular formula is C8H9NO6S2. The van der Waals surface area contributed by atoms with Crippen molar-refractivity contribution in [3.63, 3.8) is 0 Å². The Morgan fingerprint density at radius 3 is 2.47 bits per heavy atom. The highest BCUT2D eigenvalue weighted by Gasteiger charge is 2.26. The van der Waals surface area contributed by atoms with E-state index in [0.29, 0.717) is 0 Å². The first-order chi connectivity index (χ1) is 7.92. The van der Waals surface area contributed by atoms with Crippen molar-refractivity contribution in [3.05, 3.63) is 16.3 Å². The van der Waals surface area contributed by atoms with E-state index >= 15 is 0 Å². The molecule has 0 saturated carbocycles. The Morgan fingerprint density at radius 1 is 1.29 bits per heavy atom. The highest BCUT2D eigenvalue weighted by Crippen LogP contribution is 2.22. The second-order valence-corrected chi connectivity index (χ2v) is 5.27. The Morgan fingerprint density at radius 2 is 1.94 bits per heavy atom. The van der Waals surface area contributed by atoms with E-state index in [0.717, 1.165) is 25.6 Å². The molecule has 0 unspecified atom stereocenters. The van der Waals surface area contributed by atoms with E-state index < -0.39 is 22.1 Å². The van der Waals surface area contributed by atoms with Gasteiger partial charge in [0.2, 0.25) is 0 Å². The van der Waals surface area contributed by atoms with E-state index in [2.05, 4.69) is 9.47 Å². The molecule has 0 radical (unpaired) electrons. The van der Waals surface area contributed by atoms with Crippen molar-refractivity contribution >= 4 is 33.4 Å². The van der Waals surface area contributed by atoms with E-state index in [9.17, 15) is 18.0 Å². The molecule has 1 amide bonds. The smallest absolute Gasteiger partial charge is 0.420 e. The Bertz CT molecular complexity index is 532. The Labute approximate surface area is 101 Å². The number of hydrogen-bond donors (Lipinski definition) is 1. The van der Waals surface area contributed by atoms with Crippen molar-refractivity contribution < 1.29 is 27.5 Å². The molecule has 0 fully saturated rings. The number of sulfonamides is 1. The molecule has 1 N–H and O–H groups in total. The van der Waals surface area contributed by atoms with Gasteiger partial charge in [0.05, 0.1) is 14.2 Å². The molecule has 9 heteroatoms. The Hall–Kier alpha value is -1.61. The summed E-state index contributed by atoms with van der Waals surface area (Å²) in [6.45, 7) is 0. The van der Waals surface area contributed by atoms with Gasteiger partial charge in [-0.15, -0.1) is 11.3 Å². The van der Waals surface area contributed by atoms with Crippen LogP contribution in [0.3, 0.4) is 0 Å². The van der Waals surface area contributed by atoms with E-state index in [1.54, 1.807) is 4.72 Å². The molecule has 0 aromatic carbocycles. The minimum absolute atomic E-state index is 0.107. The fraction of sp³-hybridized carbons (Fsp3) is 0.250. The zero-order valence-electron chi connectivity index (χ0n) is 8.92. The Kier molecular flexibility index (Phi) is 4.07. The fourth-order valence-corrected chi connectivity index (χ4v) is 3.21. The molecule has 7 nitrogen and oxygen atoms in total. The summed E-state index contributed by atoms with van der Waals surface area (Å²) in [5, 5.41) is 1.40. The van der Waals surface area contributed by atoms with Crippen LogP contribution in [0.2, 0.25) is 0 Å². The maximum Gasteiger partial charge on any atom is 0.420 e. The lowest BCUT2D eigenvalue weighted by atomic mass is 10.5. The normalized spacial score (nSPS) is 10.7. The number of esters is 1. The average Bonchev–Trinajstić information content (AvgIpc) is 2.76. The second-order valence-electron chi connectivity index (χ2n) is 2.70. The van der Waals surface area contributed by atoms with Crippen molar-refractivity contribution in [1.29, 1.82) is 0 Å². The molecule has 94 valence electrons. The van der Waals surface area contributed by atoms with E-state index in [4.69, 9.17) is 0 Å². The van der Waals surface area contributed by atoms with Crippen molar-refractivity contribution in [2.24, 2.45) is 0 Å². The van der Waals surface area contributed by atoms with Gasteiger partial charge in [-0.1, -0.05) is 0 Å². The number of hydrogen-bond acceptors (Lipinski definition) is 7. The average molecular weight is 279 g/mol. The summed E-state index contributed by atoms with van der Waals surface area (Å²) in [6, 6.07) is 1.20. The lowest BCUT2D eigenvalue weighted by Gasteiger charge is -2.05. The van der Waals surface area contributed by atoms with Crippen LogP contribution in [0.4, 0.5) is 4.79 Å². The third kappa shape index (κ3) is 2.94. The van der Waals surface area contributed by atoms with Crippen molar-refractivity contribution in [2.75, 3.05) is 14.2 Å². The first kappa shape index (κ1) is 13.5. The lowest BCUT2D eigenvalue weighted by Crippen LogP contribution is -2.31. The van der Waals surface area contributed by atoms with Crippen LogP contribution in [-0.2, 0) is 19.5 Å². The number of amides is 1. The van der Waals surface area contributed by atoms with Crippen LogP contribution >= 0.6 is 11.3 Å². The quantitative estimate of drug-likeness (QED) is 0.812.